The second kappa shape index (κ2) is 7.02. The third kappa shape index (κ3) is 3.10. The number of fused-ring (bicyclic) bond motifs is 1. The van der Waals surface area contributed by atoms with Gasteiger partial charge in [0.15, 0.2) is 0 Å². The summed E-state index contributed by atoms with van der Waals surface area (Å²) >= 11 is 0. The van der Waals surface area contributed by atoms with Crippen molar-refractivity contribution >= 4 is 16.6 Å². The molecule has 1 aliphatic rings. The first kappa shape index (κ1) is 16.8. The predicted octanol–water partition coefficient (Wildman–Crippen LogP) is 4.37. The Bertz CT molecular complexity index is 1190. The standard InChI is InChI=1S/C23H21N5/c1-15-3-2-4-21(27-15)22-12-20(19-7-10-26-23(19)28-22)18-11-17(13-25-14-18)16-5-8-24-9-6-16/h2-5,7,10-14,24H,6,8-9H2,1H3,(H,26,28). The summed E-state index contributed by atoms with van der Waals surface area (Å²) in [5.74, 6) is 0. The van der Waals surface area contributed by atoms with Crippen molar-refractivity contribution in [2.24, 2.45) is 0 Å². The van der Waals surface area contributed by atoms with Gasteiger partial charge in [-0.1, -0.05) is 12.1 Å². The minimum Gasteiger partial charge on any atom is -0.346 e. The monoisotopic (exact) mass is 367 g/mol. The quantitative estimate of drug-likeness (QED) is 0.564. The number of nitrogens with one attached hydrogen (secondary N) is 2. The Labute approximate surface area is 163 Å². The molecular formula is C23H21N5. The molecule has 2 N–H and O–H groups in total. The average Bonchev–Trinajstić information content (AvgIpc) is 3.22. The van der Waals surface area contributed by atoms with E-state index >= 15 is 0 Å². The fourth-order valence-corrected chi connectivity index (χ4v) is 3.74. The van der Waals surface area contributed by atoms with Gasteiger partial charge in [0.25, 0.3) is 0 Å². The van der Waals surface area contributed by atoms with E-state index < -0.39 is 0 Å². The van der Waals surface area contributed by atoms with Crippen LogP contribution < -0.4 is 5.32 Å². The normalized spacial score (nSPS) is 14.2. The number of hydrogen-bond acceptors (Lipinski definition) is 4. The van der Waals surface area contributed by atoms with Crippen molar-refractivity contribution < 1.29 is 0 Å². The summed E-state index contributed by atoms with van der Waals surface area (Å²) in [6.07, 6.45) is 9.10. The molecule has 5 heterocycles. The van der Waals surface area contributed by atoms with Gasteiger partial charge in [0, 0.05) is 41.8 Å². The molecule has 0 radical (unpaired) electrons. The van der Waals surface area contributed by atoms with Crippen LogP contribution in [0.5, 0.6) is 0 Å². The number of rotatable bonds is 3. The van der Waals surface area contributed by atoms with Crippen LogP contribution >= 0.6 is 0 Å². The summed E-state index contributed by atoms with van der Waals surface area (Å²) in [6, 6.07) is 12.4. The Kier molecular flexibility index (Phi) is 4.22. The van der Waals surface area contributed by atoms with E-state index in [2.05, 4.69) is 44.5 Å². The molecule has 1 aliphatic heterocycles. The second-order valence-corrected chi connectivity index (χ2v) is 7.10. The highest BCUT2D eigenvalue weighted by atomic mass is 14.9. The van der Waals surface area contributed by atoms with Crippen molar-refractivity contribution in [2.75, 3.05) is 13.1 Å². The molecule has 0 unspecified atom stereocenters. The summed E-state index contributed by atoms with van der Waals surface area (Å²) in [7, 11) is 0. The molecule has 4 aromatic rings. The van der Waals surface area contributed by atoms with Crippen LogP contribution in [0.25, 0.3) is 39.1 Å². The lowest BCUT2D eigenvalue weighted by Gasteiger charge is -2.15. The van der Waals surface area contributed by atoms with Gasteiger partial charge in [-0.05, 0) is 66.9 Å². The zero-order valence-corrected chi connectivity index (χ0v) is 15.7. The Morgan fingerprint density at radius 3 is 2.75 bits per heavy atom. The first-order chi connectivity index (χ1) is 13.8. The van der Waals surface area contributed by atoms with Gasteiger partial charge < -0.3 is 10.3 Å². The zero-order chi connectivity index (χ0) is 18.9. The molecule has 0 amide bonds. The van der Waals surface area contributed by atoms with Crippen molar-refractivity contribution in [3.63, 3.8) is 0 Å². The minimum absolute atomic E-state index is 0.861. The van der Waals surface area contributed by atoms with Crippen LogP contribution in [0.2, 0.25) is 0 Å². The molecule has 5 heteroatoms. The highest BCUT2D eigenvalue weighted by Crippen LogP contribution is 2.32. The number of hydrogen-bond donors (Lipinski definition) is 2. The first-order valence-corrected chi connectivity index (χ1v) is 9.56. The molecule has 28 heavy (non-hydrogen) atoms. The molecule has 5 nitrogen and oxygen atoms in total. The SMILES string of the molecule is Cc1cccc(-c2cc(-c3cncc(C4=CCNCC4)c3)c3cc[nH]c3n2)n1. The predicted molar refractivity (Wildman–Crippen MR) is 113 cm³/mol. The summed E-state index contributed by atoms with van der Waals surface area (Å²) in [5, 5.41) is 4.46. The van der Waals surface area contributed by atoms with Crippen molar-refractivity contribution in [3.8, 4) is 22.5 Å². The number of nitrogens with zero attached hydrogens (tertiary/aromatic N) is 3. The molecule has 0 saturated carbocycles. The summed E-state index contributed by atoms with van der Waals surface area (Å²) in [5.41, 5.74) is 8.34. The Morgan fingerprint density at radius 2 is 1.89 bits per heavy atom. The summed E-state index contributed by atoms with van der Waals surface area (Å²) in [6.45, 7) is 3.92. The van der Waals surface area contributed by atoms with E-state index in [1.54, 1.807) is 0 Å². The van der Waals surface area contributed by atoms with Crippen molar-refractivity contribution in [1.29, 1.82) is 0 Å². The highest BCUT2D eigenvalue weighted by Gasteiger charge is 2.13. The minimum atomic E-state index is 0.861. The van der Waals surface area contributed by atoms with Gasteiger partial charge in [0.1, 0.15) is 5.65 Å². The van der Waals surface area contributed by atoms with E-state index in [9.17, 15) is 0 Å². The largest absolute Gasteiger partial charge is 0.346 e. The Hall–Kier alpha value is -3.31. The number of H-pyrrole nitrogens is 1. The van der Waals surface area contributed by atoms with E-state index in [1.165, 1.54) is 11.1 Å². The topological polar surface area (TPSA) is 66.5 Å². The van der Waals surface area contributed by atoms with Gasteiger partial charge in [0.2, 0.25) is 0 Å². The van der Waals surface area contributed by atoms with Crippen LogP contribution in [0, 0.1) is 6.92 Å². The van der Waals surface area contributed by atoms with E-state index in [1.807, 2.05) is 43.7 Å². The van der Waals surface area contributed by atoms with E-state index in [4.69, 9.17) is 4.98 Å². The van der Waals surface area contributed by atoms with Crippen LogP contribution in [0.15, 0.2) is 61.1 Å². The average molecular weight is 367 g/mol. The molecule has 0 bridgehead atoms. The number of aromatic nitrogens is 4. The lowest BCUT2D eigenvalue weighted by molar-refractivity contribution is 0.738. The maximum Gasteiger partial charge on any atom is 0.138 e. The van der Waals surface area contributed by atoms with Gasteiger partial charge in [-0.2, -0.15) is 0 Å². The lowest BCUT2D eigenvalue weighted by atomic mass is 9.97. The van der Waals surface area contributed by atoms with Crippen molar-refractivity contribution in [2.45, 2.75) is 13.3 Å². The van der Waals surface area contributed by atoms with Crippen LogP contribution in [0.3, 0.4) is 0 Å². The fourth-order valence-electron chi connectivity index (χ4n) is 3.74. The fraction of sp³-hybridized carbons (Fsp3) is 0.174. The number of aromatic amines is 1. The number of aryl methyl sites for hydroxylation is 1. The van der Waals surface area contributed by atoms with Gasteiger partial charge in [0.05, 0.1) is 11.4 Å². The number of pyridine rings is 3. The Balaban J connectivity index is 1.66. The first-order valence-electron chi connectivity index (χ1n) is 9.56. The molecule has 0 aliphatic carbocycles. The van der Waals surface area contributed by atoms with Gasteiger partial charge in [-0.3, -0.25) is 9.97 Å². The summed E-state index contributed by atoms with van der Waals surface area (Å²) in [4.78, 5) is 17.2. The molecule has 0 fully saturated rings. The molecule has 0 aromatic carbocycles. The third-order valence-electron chi connectivity index (χ3n) is 5.16. The smallest absolute Gasteiger partial charge is 0.138 e. The van der Waals surface area contributed by atoms with Crippen LogP contribution in [-0.4, -0.2) is 33.0 Å². The third-order valence-corrected chi connectivity index (χ3v) is 5.16. The lowest BCUT2D eigenvalue weighted by Crippen LogP contribution is -2.20. The van der Waals surface area contributed by atoms with E-state index in [-0.39, 0.29) is 0 Å². The second-order valence-electron chi connectivity index (χ2n) is 7.10. The van der Waals surface area contributed by atoms with Gasteiger partial charge >= 0.3 is 0 Å². The van der Waals surface area contributed by atoms with E-state index in [0.717, 1.165) is 58.8 Å². The molecule has 0 atom stereocenters. The molecule has 4 aromatic heterocycles. The molecule has 0 spiro atoms. The molecule has 0 saturated heterocycles. The van der Waals surface area contributed by atoms with E-state index in [0.29, 0.717) is 0 Å². The molecular weight excluding hydrogens is 346 g/mol. The van der Waals surface area contributed by atoms with Crippen molar-refractivity contribution in [3.05, 3.63) is 72.3 Å². The highest BCUT2D eigenvalue weighted by molar-refractivity contribution is 5.95. The van der Waals surface area contributed by atoms with Crippen LogP contribution in [-0.2, 0) is 0 Å². The zero-order valence-electron chi connectivity index (χ0n) is 15.7. The van der Waals surface area contributed by atoms with Crippen LogP contribution in [0.1, 0.15) is 17.7 Å². The van der Waals surface area contributed by atoms with Gasteiger partial charge in [-0.15, -0.1) is 0 Å². The molecule has 5 rings (SSSR count). The summed E-state index contributed by atoms with van der Waals surface area (Å²) < 4.78 is 0. The molecule has 138 valence electrons. The maximum atomic E-state index is 4.79. The van der Waals surface area contributed by atoms with Gasteiger partial charge in [-0.25, -0.2) is 4.98 Å². The maximum absolute atomic E-state index is 4.79. The van der Waals surface area contributed by atoms with Crippen LogP contribution in [0.4, 0.5) is 0 Å². The Morgan fingerprint density at radius 1 is 0.964 bits per heavy atom. The van der Waals surface area contributed by atoms with Crippen molar-refractivity contribution in [1.82, 2.24) is 25.3 Å².